The summed E-state index contributed by atoms with van der Waals surface area (Å²) >= 11 is 0. The predicted octanol–water partition coefficient (Wildman–Crippen LogP) is 2.38. The Bertz CT molecular complexity index is 372. The highest BCUT2D eigenvalue weighted by Crippen LogP contribution is 2.37. The van der Waals surface area contributed by atoms with Gasteiger partial charge < -0.3 is 10.0 Å². The van der Waals surface area contributed by atoms with Crippen molar-refractivity contribution in [1.82, 2.24) is 4.90 Å². The average molecular weight is 267 g/mol. The lowest BCUT2D eigenvalue weighted by Gasteiger charge is -2.27. The number of nitrogens with zero attached hydrogens (tertiary/aromatic N) is 1. The molecule has 1 aliphatic carbocycles. The number of carboxylic acid groups (broad SMARTS) is 1. The number of likely N-dealkylation sites (tertiary alicyclic amines) is 1. The van der Waals surface area contributed by atoms with Crippen LogP contribution >= 0.6 is 0 Å². The quantitative estimate of drug-likeness (QED) is 0.835. The molecule has 0 bridgehead atoms. The van der Waals surface area contributed by atoms with Crippen LogP contribution in [-0.2, 0) is 9.59 Å². The molecule has 3 unspecified atom stereocenters. The Morgan fingerprint density at radius 2 is 1.74 bits per heavy atom. The van der Waals surface area contributed by atoms with Crippen molar-refractivity contribution in [3.8, 4) is 0 Å². The number of aliphatic carboxylic acids is 1. The van der Waals surface area contributed by atoms with E-state index in [1.54, 1.807) is 0 Å². The van der Waals surface area contributed by atoms with E-state index in [0.29, 0.717) is 18.8 Å². The van der Waals surface area contributed by atoms with Crippen LogP contribution in [0.2, 0.25) is 0 Å². The minimum Gasteiger partial charge on any atom is -0.481 e. The van der Waals surface area contributed by atoms with Gasteiger partial charge in [0.2, 0.25) is 5.91 Å². The number of hydrogen-bond acceptors (Lipinski definition) is 2. The standard InChI is InChI=1S/C15H25NO3/c1-15(2,3)12-6-7-16(9-12)13(17)10-4-5-11(8-10)14(18)19/h10-12H,4-9H2,1-3H3,(H,18,19). The molecule has 1 saturated heterocycles. The monoisotopic (exact) mass is 267 g/mol. The fourth-order valence-corrected chi connectivity index (χ4v) is 3.36. The summed E-state index contributed by atoms with van der Waals surface area (Å²) in [6.45, 7) is 8.36. The molecule has 2 rings (SSSR count). The molecule has 0 aromatic rings. The minimum atomic E-state index is -0.746. The highest BCUT2D eigenvalue weighted by atomic mass is 16.4. The van der Waals surface area contributed by atoms with E-state index < -0.39 is 5.97 Å². The van der Waals surface area contributed by atoms with Crippen LogP contribution in [0.25, 0.3) is 0 Å². The number of carboxylic acids is 1. The first-order valence-corrected chi connectivity index (χ1v) is 7.30. The van der Waals surface area contributed by atoms with Gasteiger partial charge in [-0.1, -0.05) is 20.8 Å². The van der Waals surface area contributed by atoms with Crippen LogP contribution in [0.5, 0.6) is 0 Å². The lowest BCUT2D eigenvalue weighted by atomic mass is 9.80. The molecule has 4 nitrogen and oxygen atoms in total. The van der Waals surface area contributed by atoms with Crippen LogP contribution in [0.1, 0.15) is 46.5 Å². The Labute approximate surface area is 115 Å². The fourth-order valence-electron chi connectivity index (χ4n) is 3.36. The van der Waals surface area contributed by atoms with Gasteiger partial charge in [-0.15, -0.1) is 0 Å². The number of rotatable bonds is 2. The molecule has 2 fully saturated rings. The second-order valence-electron chi connectivity index (χ2n) is 7.18. The lowest BCUT2D eigenvalue weighted by molar-refractivity contribution is -0.141. The Hall–Kier alpha value is -1.06. The SMILES string of the molecule is CC(C)(C)C1CCN(C(=O)C2CCC(C(=O)O)C2)C1. The number of hydrogen-bond donors (Lipinski definition) is 1. The number of amides is 1. The first kappa shape index (κ1) is 14.4. The minimum absolute atomic E-state index is 0.0557. The Balaban J connectivity index is 1.90. The van der Waals surface area contributed by atoms with E-state index in [1.807, 2.05) is 4.90 Å². The van der Waals surface area contributed by atoms with Gasteiger partial charge in [0.05, 0.1) is 5.92 Å². The summed E-state index contributed by atoms with van der Waals surface area (Å²) in [6, 6.07) is 0. The maximum absolute atomic E-state index is 12.4. The molecule has 1 amide bonds. The maximum Gasteiger partial charge on any atom is 0.306 e. The van der Waals surface area contributed by atoms with Crippen molar-refractivity contribution in [2.24, 2.45) is 23.2 Å². The summed E-state index contributed by atoms with van der Waals surface area (Å²) in [5.41, 5.74) is 0.244. The van der Waals surface area contributed by atoms with Gasteiger partial charge in [0.25, 0.3) is 0 Å². The van der Waals surface area contributed by atoms with E-state index in [2.05, 4.69) is 20.8 Å². The highest BCUT2D eigenvalue weighted by Gasteiger charge is 2.39. The number of carbonyl (C=O) groups excluding carboxylic acids is 1. The van der Waals surface area contributed by atoms with Crippen molar-refractivity contribution in [1.29, 1.82) is 0 Å². The van der Waals surface area contributed by atoms with Crippen molar-refractivity contribution in [3.05, 3.63) is 0 Å². The number of carbonyl (C=O) groups is 2. The van der Waals surface area contributed by atoms with E-state index >= 15 is 0 Å². The highest BCUT2D eigenvalue weighted by molar-refractivity contribution is 5.81. The van der Waals surface area contributed by atoms with Crippen molar-refractivity contribution < 1.29 is 14.7 Å². The summed E-state index contributed by atoms with van der Waals surface area (Å²) in [7, 11) is 0. The Kier molecular flexibility index (Phi) is 3.88. The largest absolute Gasteiger partial charge is 0.481 e. The average Bonchev–Trinajstić information content (AvgIpc) is 2.97. The molecular formula is C15H25NO3. The van der Waals surface area contributed by atoms with Crippen molar-refractivity contribution in [2.75, 3.05) is 13.1 Å². The smallest absolute Gasteiger partial charge is 0.306 e. The normalized spacial score (nSPS) is 31.7. The molecule has 108 valence electrons. The summed E-state index contributed by atoms with van der Waals surface area (Å²) in [5, 5.41) is 9.00. The van der Waals surface area contributed by atoms with Gasteiger partial charge >= 0.3 is 5.97 Å². The second-order valence-corrected chi connectivity index (χ2v) is 7.18. The van der Waals surface area contributed by atoms with Gasteiger partial charge in [0.1, 0.15) is 0 Å². The topological polar surface area (TPSA) is 57.6 Å². The lowest BCUT2D eigenvalue weighted by Crippen LogP contribution is -2.35. The van der Waals surface area contributed by atoms with E-state index in [9.17, 15) is 9.59 Å². The Morgan fingerprint density at radius 1 is 1.11 bits per heavy atom. The van der Waals surface area contributed by atoms with Gasteiger partial charge in [-0.2, -0.15) is 0 Å². The van der Waals surface area contributed by atoms with Gasteiger partial charge in [-0.05, 0) is 37.0 Å². The summed E-state index contributed by atoms with van der Waals surface area (Å²) in [4.78, 5) is 25.3. The van der Waals surface area contributed by atoms with Crippen molar-refractivity contribution in [3.63, 3.8) is 0 Å². The zero-order valence-corrected chi connectivity index (χ0v) is 12.2. The zero-order valence-electron chi connectivity index (χ0n) is 12.2. The van der Waals surface area contributed by atoms with Crippen LogP contribution in [0.4, 0.5) is 0 Å². The third-order valence-corrected chi connectivity index (χ3v) is 4.86. The van der Waals surface area contributed by atoms with Crippen LogP contribution in [0.15, 0.2) is 0 Å². The molecular weight excluding hydrogens is 242 g/mol. The molecule has 1 N–H and O–H groups in total. The van der Waals surface area contributed by atoms with Crippen LogP contribution < -0.4 is 0 Å². The molecule has 3 atom stereocenters. The fraction of sp³-hybridized carbons (Fsp3) is 0.867. The molecule has 0 spiro atoms. The third kappa shape index (κ3) is 3.10. The Morgan fingerprint density at radius 3 is 2.21 bits per heavy atom. The molecule has 1 saturated carbocycles. The van der Waals surface area contributed by atoms with Gasteiger partial charge in [0.15, 0.2) is 0 Å². The molecule has 2 aliphatic rings. The molecule has 1 heterocycles. The van der Waals surface area contributed by atoms with Crippen molar-refractivity contribution in [2.45, 2.75) is 46.5 Å². The van der Waals surface area contributed by atoms with E-state index in [0.717, 1.165) is 25.9 Å². The molecule has 1 aliphatic heterocycles. The second kappa shape index (κ2) is 5.14. The molecule has 0 radical (unpaired) electrons. The van der Waals surface area contributed by atoms with Crippen LogP contribution in [0, 0.1) is 23.2 Å². The van der Waals surface area contributed by atoms with E-state index in [1.165, 1.54) is 0 Å². The van der Waals surface area contributed by atoms with Gasteiger partial charge in [0, 0.05) is 19.0 Å². The molecule has 0 aromatic heterocycles. The maximum atomic E-state index is 12.4. The van der Waals surface area contributed by atoms with Gasteiger partial charge in [-0.3, -0.25) is 9.59 Å². The zero-order chi connectivity index (χ0) is 14.2. The first-order chi connectivity index (χ1) is 8.79. The van der Waals surface area contributed by atoms with E-state index in [4.69, 9.17) is 5.11 Å². The van der Waals surface area contributed by atoms with E-state index in [-0.39, 0.29) is 23.2 Å². The predicted molar refractivity (Wildman–Crippen MR) is 72.6 cm³/mol. The summed E-state index contributed by atoms with van der Waals surface area (Å²) in [5.74, 6) is -0.359. The van der Waals surface area contributed by atoms with Crippen LogP contribution in [-0.4, -0.2) is 35.0 Å². The van der Waals surface area contributed by atoms with Gasteiger partial charge in [-0.25, -0.2) is 0 Å². The van der Waals surface area contributed by atoms with Crippen molar-refractivity contribution >= 4 is 11.9 Å². The summed E-state index contributed by atoms with van der Waals surface area (Å²) < 4.78 is 0. The first-order valence-electron chi connectivity index (χ1n) is 7.30. The van der Waals surface area contributed by atoms with Crippen LogP contribution in [0.3, 0.4) is 0 Å². The third-order valence-electron chi connectivity index (χ3n) is 4.86. The molecule has 0 aromatic carbocycles. The molecule has 4 heteroatoms. The molecule has 19 heavy (non-hydrogen) atoms. The summed E-state index contributed by atoms with van der Waals surface area (Å²) in [6.07, 6.45) is 3.00.